The van der Waals surface area contributed by atoms with Crippen LogP contribution in [0.2, 0.25) is 0 Å². The van der Waals surface area contributed by atoms with Gasteiger partial charge in [0.2, 0.25) is 0 Å². The number of anilines is 1. The van der Waals surface area contributed by atoms with Crippen molar-refractivity contribution in [3.05, 3.63) is 89.1 Å². The molecule has 0 spiro atoms. The Hall–Kier alpha value is -3.34. The van der Waals surface area contributed by atoms with Gasteiger partial charge >= 0.3 is 0 Å². The van der Waals surface area contributed by atoms with Gasteiger partial charge in [0.15, 0.2) is 0 Å². The molecule has 5 nitrogen and oxygen atoms in total. The lowest BCUT2D eigenvalue weighted by Crippen LogP contribution is -2.25. The minimum Gasteiger partial charge on any atom is -0.497 e. The summed E-state index contributed by atoms with van der Waals surface area (Å²) in [6.07, 6.45) is 2.39. The number of carbonyl (C=O) groups is 1. The lowest BCUT2D eigenvalue weighted by Gasteiger charge is -2.10. The third-order valence-electron chi connectivity index (χ3n) is 4.58. The molecule has 5 heteroatoms. The number of carbonyl (C=O) groups excluding carboxylic acids is 1. The Morgan fingerprint density at radius 2 is 1.93 bits per heavy atom. The van der Waals surface area contributed by atoms with Crippen LogP contribution in [0, 0.1) is 6.92 Å². The summed E-state index contributed by atoms with van der Waals surface area (Å²) in [6, 6.07) is 19.6. The number of ether oxygens (including phenoxy) is 1. The summed E-state index contributed by atoms with van der Waals surface area (Å²) in [4.78, 5) is 16.8. The van der Waals surface area contributed by atoms with Gasteiger partial charge in [0.25, 0.3) is 5.91 Å². The topological polar surface area (TPSA) is 63.2 Å². The van der Waals surface area contributed by atoms with Crippen molar-refractivity contribution in [2.24, 2.45) is 0 Å². The first-order valence-electron chi connectivity index (χ1n) is 9.31. The second kappa shape index (κ2) is 9.55. The molecule has 1 heterocycles. The maximum Gasteiger partial charge on any atom is 0.251 e. The maximum absolute atomic E-state index is 12.4. The predicted octanol–water partition coefficient (Wildman–Crippen LogP) is 3.98. The molecule has 0 fully saturated rings. The van der Waals surface area contributed by atoms with Crippen molar-refractivity contribution in [3.63, 3.8) is 0 Å². The largest absolute Gasteiger partial charge is 0.497 e. The molecule has 144 valence electrons. The van der Waals surface area contributed by atoms with Gasteiger partial charge in [-0.15, -0.1) is 0 Å². The summed E-state index contributed by atoms with van der Waals surface area (Å²) < 4.78 is 5.23. The molecular formula is C23H25N3O2. The fraction of sp³-hybridized carbons (Fsp3) is 0.217. The first-order valence-corrected chi connectivity index (χ1v) is 9.31. The molecule has 0 radical (unpaired) electrons. The lowest BCUT2D eigenvalue weighted by atomic mass is 10.1. The van der Waals surface area contributed by atoms with Crippen LogP contribution in [0.3, 0.4) is 0 Å². The van der Waals surface area contributed by atoms with E-state index in [1.807, 2.05) is 36.4 Å². The zero-order chi connectivity index (χ0) is 19.8. The minimum atomic E-state index is -0.107. The van der Waals surface area contributed by atoms with E-state index in [0.717, 1.165) is 17.7 Å². The number of methoxy groups -OCH3 is 1. The number of nitrogens with one attached hydrogen (secondary N) is 2. The number of aromatic nitrogens is 1. The van der Waals surface area contributed by atoms with E-state index in [1.54, 1.807) is 25.4 Å². The molecule has 1 aromatic heterocycles. The highest BCUT2D eigenvalue weighted by Crippen LogP contribution is 2.13. The summed E-state index contributed by atoms with van der Waals surface area (Å²) in [7, 11) is 1.65. The first kappa shape index (κ1) is 19.4. The van der Waals surface area contributed by atoms with Gasteiger partial charge < -0.3 is 15.4 Å². The van der Waals surface area contributed by atoms with Crippen molar-refractivity contribution >= 4 is 11.7 Å². The summed E-state index contributed by atoms with van der Waals surface area (Å²) in [5.74, 6) is 1.40. The minimum absolute atomic E-state index is 0.107. The number of nitrogens with zero attached hydrogens (tertiary/aromatic N) is 1. The number of benzene rings is 2. The van der Waals surface area contributed by atoms with Crippen LogP contribution in [0.4, 0.5) is 5.82 Å². The van der Waals surface area contributed by atoms with Crippen LogP contribution in [-0.2, 0) is 13.0 Å². The van der Waals surface area contributed by atoms with Gasteiger partial charge in [0, 0.05) is 24.8 Å². The monoisotopic (exact) mass is 375 g/mol. The van der Waals surface area contributed by atoms with Crippen molar-refractivity contribution in [1.82, 2.24) is 10.3 Å². The summed E-state index contributed by atoms with van der Waals surface area (Å²) >= 11 is 0. The maximum atomic E-state index is 12.4. The van der Waals surface area contributed by atoms with E-state index in [0.29, 0.717) is 24.5 Å². The highest BCUT2D eigenvalue weighted by Gasteiger charge is 2.07. The van der Waals surface area contributed by atoms with E-state index in [-0.39, 0.29) is 5.91 Å². The normalized spacial score (nSPS) is 10.4. The molecule has 28 heavy (non-hydrogen) atoms. The van der Waals surface area contributed by atoms with Crippen molar-refractivity contribution < 1.29 is 9.53 Å². The average Bonchev–Trinajstić information content (AvgIpc) is 2.73. The zero-order valence-corrected chi connectivity index (χ0v) is 16.2. The van der Waals surface area contributed by atoms with Gasteiger partial charge in [0.05, 0.1) is 7.11 Å². The van der Waals surface area contributed by atoms with E-state index in [4.69, 9.17) is 4.74 Å². The van der Waals surface area contributed by atoms with Crippen molar-refractivity contribution in [1.29, 1.82) is 0 Å². The predicted molar refractivity (Wildman–Crippen MR) is 112 cm³/mol. The van der Waals surface area contributed by atoms with Crippen molar-refractivity contribution in [2.75, 3.05) is 19.0 Å². The van der Waals surface area contributed by atoms with Gasteiger partial charge in [-0.25, -0.2) is 4.98 Å². The number of aryl methyl sites for hydroxylation is 1. The molecule has 0 atom stereocenters. The van der Waals surface area contributed by atoms with E-state index in [2.05, 4.69) is 34.7 Å². The number of hydrogen-bond acceptors (Lipinski definition) is 4. The second-order valence-corrected chi connectivity index (χ2v) is 6.57. The van der Waals surface area contributed by atoms with Gasteiger partial charge in [-0.2, -0.15) is 0 Å². The molecule has 1 amide bonds. The van der Waals surface area contributed by atoms with Crippen molar-refractivity contribution in [3.8, 4) is 5.75 Å². The Labute approximate surface area is 165 Å². The summed E-state index contributed by atoms with van der Waals surface area (Å²) in [6.45, 7) is 3.30. The van der Waals surface area contributed by atoms with Crippen LogP contribution in [-0.4, -0.2) is 24.5 Å². The van der Waals surface area contributed by atoms with Gasteiger partial charge in [0.1, 0.15) is 11.6 Å². The number of rotatable bonds is 8. The van der Waals surface area contributed by atoms with Crippen LogP contribution in [0.5, 0.6) is 5.75 Å². The molecule has 0 unspecified atom stereocenters. The van der Waals surface area contributed by atoms with E-state index in [9.17, 15) is 4.79 Å². The molecule has 0 aliphatic carbocycles. The Morgan fingerprint density at radius 1 is 1.07 bits per heavy atom. The lowest BCUT2D eigenvalue weighted by molar-refractivity contribution is 0.0954. The molecule has 2 aromatic carbocycles. The number of pyridine rings is 1. The Kier molecular flexibility index (Phi) is 6.63. The van der Waals surface area contributed by atoms with E-state index in [1.165, 1.54) is 11.1 Å². The van der Waals surface area contributed by atoms with Crippen LogP contribution < -0.4 is 15.4 Å². The highest BCUT2D eigenvalue weighted by molar-refractivity contribution is 5.94. The smallest absolute Gasteiger partial charge is 0.251 e. The SMILES string of the molecule is COc1cccc(CCNC(=O)c2ccnc(NCc3ccccc3C)c2)c1. The van der Waals surface area contributed by atoms with E-state index >= 15 is 0 Å². The Bertz CT molecular complexity index is 940. The summed E-state index contributed by atoms with van der Waals surface area (Å²) in [5, 5.41) is 6.25. The molecule has 0 bridgehead atoms. The molecule has 2 N–H and O–H groups in total. The van der Waals surface area contributed by atoms with Crippen LogP contribution >= 0.6 is 0 Å². The molecule has 3 rings (SSSR count). The standard InChI is InChI=1S/C23H25N3O2/c1-17-6-3-4-8-20(17)16-26-22-15-19(11-13-24-22)23(27)25-12-10-18-7-5-9-21(14-18)28-2/h3-9,11,13-15H,10,12,16H2,1-2H3,(H,24,26)(H,25,27). The number of amides is 1. The molecular weight excluding hydrogens is 350 g/mol. The number of hydrogen-bond donors (Lipinski definition) is 2. The van der Waals surface area contributed by atoms with Gasteiger partial charge in [-0.05, 0) is 54.3 Å². The van der Waals surface area contributed by atoms with E-state index < -0.39 is 0 Å². The highest BCUT2D eigenvalue weighted by atomic mass is 16.5. The third-order valence-corrected chi connectivity index (χ3v) is 4.58. The Balaban J connectivity index is 1.54. The molecule has 3 aromatic rings. The fourth-order valence-electron chi connectivity index (χ4n) is 2.91. The third kappa shape index (κ3) is 5.33. The zero-order valence-electron chi connectivity index (χ0n) is 16.2. The van der Waals surface area contributed by atoms with Gasteiger partial charge in [-0.3, -0.25) is 4.79 Å². The van der Waals surface area contributed by atoms with Crippen LogP contribution in [0.1, 0.15) is 27.0 Å². The molecule has 0 saturated carbocycles. The fourth-order valence-corrected chi connectivity index (χ4v) is 2.91. The average molecular weight is 375 g/mol. The van der Waals surface area contributed by atoms with Gasteiger partial charge in [-0.1, -0.05) is 36.4 Å². The Morgan fingerprint density at radius 3 is 2.75 bits per heavy atom. The molecule has 0 saturated heterocycles. The second-order valence-electron chi connectivity index (χ2n) is 6.57. The quantitative estimate of drug-likeness (QED) is 0.625. The molecule has 0 aliphatic heterocycles. The first-order chi connectivity index (χ1) is 13.7. The van der Waals surface area contributed by atoms with Crippen LogP contribution in [0.15, 0.2) is 66.9 Å². The van der Waals surface area contributed by atoms with Crippen molar-refractivity contribution in [2.45, 2.75) is 19.9 Å². The van der Waals surface area contributed by atoms with Crippen LogP contribution in [0.25, 0.3) is 0 Å². The molecule has 0 aliphatic rings. The summed E-state index contributed by atoms with van der Waals surface area (Å²) in [5.41, 5.74) is 4.14.